The molecule has 108 valence electrons. The number of hydrogen-bond acceptors (Lipinski definition) is 5. The Morgan fingerprint density at radius 1 is 1.25 bits per heavy atom. The van der Waals surface area contributed by atoms with E-state index >= 15 is 0 Å². The molecule has 1 aliphatic carbocycles. The van der Waals surface area contributed by atoms with Gasteiger partial charge in [-0.25, -0.2) is 8.42 Å². The smallest absolute Gasteiger partial charge is 0.252 e. The minimum atomic E-state index is -3.41. The Kier molecular flexibility index (Phi) is 3.82. The van der Waals surface area contributed by atoms with E-state index in [0.29, 0.717) is 18.0 Å². The van der Waals surface area contributed by atoms with E-state index in [1.54, 1.807) is 10.4 Å². The average molecular weight is 311 g/mol. The maximum Gasteiger partial charge on any atom is 0.252 e. The zero-order valence-corrected chi connectivity index (χ0v) is 12.8. The Balaban J connectivity index is 1.65. The van der Waals surface area contributed by atoms with Gasteiger partial charge < -0.3 is 4.90 Å². The minimum Gasteiger partial charge on any atom is -0.300 e. The van der Waals surface area contributed by atoms with Crippen molar-refractivity contribution in [2.45, 2.75) is 17.1 Å². The first-order chi connectivity index (χ1) is 9.59. The number of sulfonamides is 1. The molecule has 0 N–H and O–H groups in total. The van der Waals surface area contributed by atoms with Crippen molar-refractivity contribution in [1.82, 2.24) is 9.21 Å². The number of nitriles is 1. The summed E-state index contributed by atoms with van der Waals surface area (Å²) >= 11 is 1.05. The van der Waals surface area contributed by atoms with Crippen molar-refractivity contribution < 1.29 is 8.42 Å². The van der Waals surface area contributed by atoms with Gasteiger partial charge in [0.05, 0.1) is 0 Å². The zero-order valence-electron chi connectivity index (χ0n) is 11.2. The van der Waals surface area contributed by atoms with Gasteiger partial charge in [-0.05, 0) is 30.9 Å². The molecular formula is C13H17N3O2S2. The topological polar surface area (TPSA) is 64.4 Å². The number of nitrogens with zero attached hydrogens (tertiary/aromatic N) is 3. The molecule has 2 heterocycles. The van der Waals surface area contributed by atoms with Crippen LogP contribution in [0.4, 0.5) is 0 Å². The summed E-state index contributed by atoms with van der Waals surface area (Å²) in [7, 11) is -3.41. The van der Waals surface area contributed by atoms with Crippen molar-refractivity contribution in [3.05, 3.63) is 17.0 Å². The molecule has 7 heteroatoms. The second kappa shape index (κ2) is 5.45. The maximum absolute atomic E-state index is 12.5. The summed E-state index contributed by atoms with van der Waals surface area (Å²) in [5, 5.41) is 8.80. The Labute approximate surface area is 123 Å². The molecular weight excluding hydrogens is 294 g/mol. The van der Waals surface area contributed by atoms with Crippen LogP contribution in [-0.2, 0) is 10.0 Å². The number of rotatable bonds is 4. The third kappa shape index (κ3) is 2.88. The monoisotopic (exact) mass is 311 g/mol. The predicted octanol–water partition coefficient (Wildman–Crippen LogP) is 1.34. The van der Waals surface area contributed by atoms with Crippen LogP contribution in [0.2, 0.25) is 0 Å². The first-order valence-electron chi connectivity index (χ1n) is 6.82. The second-order valence-electron chi connectivity index (χ2n) is 5.38. The quantitative estimate of drug-likeness (QED) is 0.841. The fourth-order valence-electron chi connectivity index (χ4n) is 2.46. The molecule has 0 unspecified atom stereocenters. The van der Waals surface area contributed by atoms with Gasteiger partial charge in [0.1, 0.15) is 15.2 Å². The van der Waals surface area contributed by atoms with E-state index in [-0.39, 0.29) is 4.21 Å². The van der Waals surface area contributed by atoms with Crippen LogP contribution in [0, 0.1) is 17.2 Å². The van der Waals surface area contributed by atoms with E-state index in [9.17, 15) is 8.42 Å². The lowest BCUT2D eigenvalue weighted by molar-refractivity contribution is 0.182. The molecule has 1 saturated carbocycles. The van der Waals surface area contributed by atoms with Crippen LogP contribution < -0.4 is 0 Å². The Morgan fingerprint density at radius 3 is 2.50 bits per heavy atom. The first-order valence-corrected chi connectivity index (χ1v) is 9.08. The summed E-state index contributed by atoms with van der Waals surface area (Å²) in [6.07, 6.45) is 2.65. The molecule has 0 radical (unpaired) electrons. The Morgan fingerprint density at radius 2 is 1.95 bits per heavy atom. The first kappa shape index (κ1) is 14.0. The van der Waals surface area contributed by atoms with Crippen LogP contribution in [0.25, 0.3) is 0 Å². The molecule has 2 fully saturated rings. The fraction of sp³-hybridized carbons (Fsp3) is 0.615. The van der Waals surface area contributed by atoms with Gasteiger partial charge in [0.15, 0.2) is 0 Å². The summed E-state index contributed by atoms with van der Waals surface area (Å²) in [5.41, 5.74) is 0. The van der Waals surface area contributed by atoms with Gasteiger partial charge in [-0.3, -0.25) is 0 Å². The molecule has 1 aromatic heterocycles. The fourth-order valence-corrected chi connectivity index (χ4v) is 5.14. The third-order valence-electron chi connectivity index (χ3n) is 3.83. The number of thiophene rings is 1. The molecule has 20 heavy (non-hydrogen) atoms. The summed E-state index contributed by atoms with van der Waals surface area (Å²) in [6.45, 7) is 3.84. The van der Waals surface area contributed by atoms with Crippen molar-refractivity contribution >= 4 is 21.4 Å². The Bertz CT molecular complexity index is 620. The van der Waals surface area contributed by atoms with Gasteiger partial charge in [-0.15, -0.1) is 11.3 Å². The lowest BCUT2D eigenvalue weighted by Gasteiger charge is -2.33. The van der Waals surface area contributed by atoms with Crippen LogP contribution in [0.1, 0.15) is 17.7 Å². The van der Waals surface area contributed by atoms with Gasteiger partial charge in [-0.2, -0.15) is 9.57 Å². The van der Waals surface area contributed by atoms with Crippen molar-refractivity contribution in [3.63, 3.8) is 0 Å². The summed E-state index contributed by atoms with van der Waals surface area (Å²) in [5.74, 6) is 0.841. The van der Waals surface area contributed by atoms with Gasteiger partial charge >= 0.3 is 0 Å². The number of piperazine rings is 1. The van der Waals surface area contributed by atoms with Gasteiger partial charge in [0, 0.05) is 32.7 Å². The highest BCUT2D eigenvalue weighted by Crippen LogP contribution is 2.30. The molecule has 3 rings (SSSR count). The van der Waals surface area contributed by atoms with E-state index in [1.807, 2.05) is 6.07 Å². The lowest BCUT2D eigenvalue weighted by Crippen LogP contribution is -2.48. The molecule has 0 bridgehead atoms. The van der Waals surface area contributed by atoms with Crippen LogP contribution >= 0.6 is 11.3 Å². The SMILES string of the molecule is N#Cc1ccc(S(=O)(=O)N2CCN(CC3CC3)CC2)s1. The standard InChI is InChI=1S/C13H17N3O2S2/c14-9-12-3-4-13(19-12)20(17,18)16-7-5-15(6-8-16)10-11-1-2-11/h3-4,11H,1-2,5-8,10H2. The number of hydrogen-bond donors (Lipinski definition) is 0. The predicted molar refractivity (Wildman–Crippen MR) is 77.0 cm³/mol. The van der Waals surface area contributed by atoms with Crippen molar-refractivity contribution in [3.8, 4) is 6.07 Å². The summed E-state index contributed by atoms with van der Waals surface area (Å²) in [4.78, 5) is 2.80. The second-order valence-corrected chi connectivity index (χ2v) is 8.63. The van der Waals surface area contributed by atoms with Crippen LogP contribution in [0.5, 0.6) is 0 Å². The van der Waals surface area contributed by atoms with Crippen LogP contribution in [0.3, 0.4) is 0 Å². The van der Waals surface area contributed by atoms with Crippen LogP contribution in [0.15, 0.2) is 16.3 Å². The van der Waals surface area contributed by atoms with E-state index in [0.717, 1.165) is 36.9 Å². The molecule has 1 aliphatic heterocycles. The third-order valence-corrected chi connectivity index (χ3v) is 7.19. The minimum absolute atomic E-state index is 0.282. The van der Waals surface area contributed by atoms with E-state index in [4.69, 9.17) is 5.26 Å². The van der Waals surface area contributed by atoms with Crippen molar-refractivity contribution in [1.29, 1.82) is 5.26 Å². The normalized spacial score (nSPS) is 21.8. The molecule has 1 saturated heterocycles. The van der Waals surface area contributed by atoms with Crippen LogP contribution in [-0.4, -0.2) is 50.3 Å². The molecule has 0 atom stereocenters. The maximum atomic E-state index is 12.5. The molecule has 1 aromatic rings. The van der Waals surface area contributed by atoms with Gasteiger partial charge in [0.25, 0.3) is 10.0 Å². The Hall–Kier alpha value is -0.940. The van der Waals surface area contributed by atoms with Gasteiger partial charge in [0.2, 0.25) is 0 Å². The lowest BCUT2D eigenvalue weighted by atomic mass is 10.3. The van der Waals surface area contributed by atoms with Crippen molar-refractivity contribution in [2.24, 2.45) is 5.92 Å². The highest BCUT2D eigenvalue weighted by molar-refractivity contribution is 7.91. The highest BCUT2D eigenvalue weighted by Gasteiger charge is 2.31. The molecule has 2 aliphatic rings. The average Bonchev–Trinajstić information content (AvgIpc) is 3.12. The van der Waals surface area contributed by atoms with E-state index < -0.39 is 10.0 Å². The van der Waals surface area contributed by atoms with Gasteiger partial charge in [-0.1, -0.05) is 0 Å². The van der Waals surface area contributed by atoms with E-state index in [2.05, 4.69) is 4.90 Å². The van der Waals surface area contributed by atoms with E-state index in [1.165, 1.54) is 18.9 Å². The largest absolute Gasteiger partial charge is 0.300 e. The molecule has 0 amide bonds. The summed E-state index contributed by atoms with van der Waals surface area (Å²) < 4.78 is 26.8. The zero-order chi connectivity index (χ0) is 14.2. The molecule has 0 spiro atoms. The summed E-state index contributed by atoms with van der Waals surface area (Å²) in [6, 6.07) is 5.09. The highest BCUT2D eigenvalue weighted by atomic mass is 32.2. The molecule has 0 aromatic carbocycles. The molecule has 5 nitrogen and oxygen atoms in total. The van der Waals surface area contributed by atoms with Crippen molar-refractivity contribution in [2.75, 3.05) is 32.7 Å².